The van der Waals surface area contributed by atoms with Gasteiger partial charge in [-0.3, -0.25) is 4.79 Å². The van der Waals surface area contributed by atoms with E-state index in [2.05, 4.69) is 5.32 Å². The Kier molecular flexibility index (Phi) is 5.19. The van der Waals surface area contributed by atoms with Gasteiger partial charge in [0, 0.05) is 19.6 Å². The number of nitrogens with one attached hydrogen (secondary N) is 1. The number of hydrogen-bond donors (Lipinski definition) is 1. The standard InChI is InChI=1S/C14H20N2O4S/c1-20-13-7-3-2-6-12(13)14(17)15-8-11-21(18,19)16-9-4-5-10-16/h2-3,6-7H,4-5,8-11H2,1H3,(H,15,17). The van der Waals surface area contributed by atoms with Crippen LogP contribution in [-0.2, 0) is 10.0 Å². The lowest BCUT2D eigenvalue weighted by Gasteiger charge is -2.15. The first kappa shape index (κ1) is 15.8. The summed E-state index contributed by atoms with van der Waals surface area (Å²) < 4.78 is 30.6. The normalized spacial score (nSPS) is 15.9. The van der Waals surface area contributed by atoms with Crippen molar-refractivity contribution in [3.8, 4) is 5.75 Å². The van der Waals surface area contributed by atoms with Gasteiger partial charge in [0.2, 0.25) is 10.0 Å². The Morgan fingerprint density at radius 1 is 1.29 bits per heavy atom. The quantitative estimate of drug-likeness (QED) is 0.845. The summed E-state index contributed by atoms with van der Waals surface area (Å²) in [4.78, 5) is 12.0. The third kappa shape index (κ3) is 3.95. The number of carbonyl (C=O) groups is 1. The van der Waals surface area contributed by atoms with E-state index in [-0.39, 0.29) is 18.2 Å². The van der Waals surface area contributed by atoms with E-state index < -0.39 is 10.0 Å². The molecule has 21 heavy (non-hydrogen) atoms. The van der Waals surface area contributed by atoms with Gasteiger partial charge in [-0.15, -0.1) is 0 Å². The summed E-state index contributed by atoms with van der Waals surface area (Å²) in [6.07, 6.45) is 1.82. The van der Waals surface area contributed by atoms with Gasteiger partial charge in [-0.2, -0.15) is 0 Å². The molecular weight excluding hydrogens is 292 g/mol. The van der Waals surface area contributed by atoms with Crippen molar-refractivity contribution < 1.29 is 17.9 Å². The van der Waals surface area contributed by atoms with E-state index in [0.717, 1.165) is 12.8 Å². The molecule has 0 aliphatic carbocycles. The highest BCUT2D eigenvalue weighted by Gasteiger charge is 2.25. The maximum atomic E-state index is 12.0. The first-order valence-corrected chi connectivity index (χ1v) is 8.54. The van der Waals surface area contributed by atoms with E-state index in [9.17, 15) is 13.2 Å². The Labute approximate surface area is 125 Å². The summed E-state index contributed by atoms with van der Waals surface area (Å²) in [5, 5.41) is 2.63. The molecule has 0 aromatic heterocycles. The summed E-state index contributed by atoms with van der Waals surface area (Å²) in [6, 6.07) is 6.84. The first-order chi connectivity index (χ1) is 10.0. The minimum Gasteiger partial charge on any atom is -0.496 e. The van der Waals surface area contributed by atoms with Crippen LogP contribution < -0.4 is 10.1 Å². The Bertz CT molecular complexity index is 595. The lowest BCUT2D eigenvalue weighted by atomic mass is 10.2. The molecule has 1 aliphatic rings. The zero-order valence-electron chi connectivity index (χ0n) is 12.0. The van der Waals surface area contributed by atoms with Crippen LogP contribution in [0.25, 0.3) is 0 Å². The van der Waals surface area contributed by atoms with Crippen LogP contribution in [0.1, 0.15) is 23.2 Å². The van der Waals surface area contributed by atoms with Crippen LogP contribution in [0, 0.1) is 0 Å². The van der Waals surface area contributed by atoms with Crippen molar-refractivity contribution in [1.29, 1.82) is 0 Å². The SMILES string of the molecule is COc1ccccc1C(=O)NCCS(=O)(=O)N1CCCC1. The lowest BCUT2D eigenvalue weighted by Crippen LogP contribution is -2.36. The average Bonchev–Trinajstić information content (AvgIpc) is 3.02. The minimum atomic E-state index is -3.27. The zero-order chi connectivity index (χ0) is 15.3. The van der Waals surface area contributed by atoms with Gasteiger partial charge in [0.05, 0.1) is 18.4 Å². The maximum absolute atomic E-state index is 12.0. The van der Waals surface area contributed by atoms with Gasteiger partial charge in [0.15, 0.2) is 0 Å². The van der Waals surface area contributed by atoms with E-state index in [1.165, 1.54) is 11.4 Å². The van der Waals surface area contributed by atoms with Crippen molar-refractivity contribution in [2.24, 2.45) is 0 Å². The summed E-state index contributed by atoms with van der Waals surface area (Å²) in [7, 11) is -1.78. The molecule has 116 valence electrons. The molecule has 1 N–H and O–H groups in total. The third-order valence-corrected chi connectivity index (χ3v) is 5.33. The fourth-order valence-electron chi connectivity index (χ4n) is 2.32. The molecule has 1 amide bonds. The molecule has 0 unspecified atom stereocenters. The Morgan fingerprint density at radius 3 is 2.62 bits per heavy atom. The summed E-state index contributed by atoms with van der Waals surface area (Å²) in [5.41, 5.74) is 0.401. The van der Waals surface area contributed by atoms with Crippen molar-refractivity contribution in [2.45, 2.75) is 12.8 Å². The number of rotatable bonds is 6. The van der Waals surface area contributed by atoms with Crippen LogP contribution >= 0.6 is 0 Å². The van der Waals surface area contributed by atoms with Crippen molar-refractivity contribution in [1.82, 2.24) is 9.62 Å². The van der Waals surface area contributed by atoms with Crippen LogP contribution in [0.5, 0.6) is 5.75 Å². The second kappa shape index (κ2) is 6.91. The van der Waals surface area contributed by atoms with Crippen molar-refractivity contribution in [3.05, 3.63) is 29.8 Å². The van der Waals surface area contributed by atoms with Crippen molar-refractivity contribution in [3.63, 3.8) is 0 Å². The van der Waals surface area contributed by atoms with Crippen LogP contribution in [0.15, 0.2) is 24.3 Å². The van der Waals surface area contributed by atoms with Crippen molar-refractivity contribution in [2.75, 3.05) is 32.5 Å². The molecule has 0 spiro atoms. The van der Waals surface area contributed by atoms with E-state index in [1.54, 1.807) is 24.3 Å². The predicted octanol–water partition coefficient (Wildman–Crippen LogP) is 0.851. The number of para-hydroxylation sites is 1. The fourth-order valence-corrected chi connectivity index (χ4v) is 3.75. The number of sulfonamides is 1. The van der Waals surface area contributed by atoms with Gasteiger partial charge in [-0.1, -0.05) is 12.1 Å². The number of carbonyl (C=O) groups excluding carboxylic acids is 1. The number of benzene rings is 1. The summed E-state index contributed by atoms with van der Waals surface area (Å²) in [5.74, 6) is 0.0647. The number of amides is 1. The number of methoxy groups -OCH3 is 1. The van der Waals surface area contributed by atoms with Crippen LogP contribution in [0.3, 0.4) is 0 Å². The first-order valence-electron chi connectivity index (χ1n) is 6.93. The molecular formula is C14H20N2O4S. The second-order valence-electron chi connectivity index (χ2n) is 4.88. The Morgan fingerprint density at radius 2 is 1.95 bits per heavy atom. The van der Waals surface area contributed by atoms with Crippen molar-refractivity contribution >= 4 is 15.9 Å². The molecule has 0 bridgehead atoms. The van der Waals surface area contributed by atoms with Gasteiger partial charge in [-0.05, 0) is 25.0 Å². The third-order valence-electron chi connectivity index (χ3n) is 3.46. The maximum Gasteiger partial charge on any atom is 0.255 e. The van der Waals surface area contributed by atoms with E-state index in [1.807, 2.05) is 0 Å². The summed E-state index contributed by atoms with van der Waals surface area (Å²) >= 11 is 0. The van der Waals surface area contributed by atoms with Gasteiger partial charge in [0.25, 0.3) is 5.91 Å². The Balaban J connectivity index is 1.89. The van der Waals surface area contributed by atoms with Crippen LogP contribution in [0.4, 0.5) is 0 Å². The number of hydrogen-bond acceptors (Lipinski definition) is 4. The van der Waals surface area contributed by atoms with E-state index in [4.69, 9.17) is 4.74 Å². The molecule has 1 heterocycles. The van der Waals surface area contributed by atoms with E-state index in [0.29, 0.717) is 24.4 Å². The highest BCUT2D eigenvalue weighted by atomic mass is 32.2. The largest absolute Gasteiger partial charge is 0.496 e. The molecule has 2 rings (SSSR count). The smallest absolute Gasteiger partial charge is 0.255 e. The minimum absolute atomic E-state index is 0.0755. The van der Waals surface area contributed by atoms with E-state index >= 15 is 0 Å². The number of ether oxygens (including phenoxy) is 1. The fraction of sp³-hybridized carbons (Fsp3) is 0.500. The number of nitrogens with zero attached hydrogens (tertiary/aromatic N) is 1. The molecule has 0 saturated carbocycles. The second-order valence-corrected chi connectivity index (χ2v) is 6.97. The molecule has 1 aromatic rings. The Hall–Kier alpha value is -1.60. The van der Waals surface area contributed by atoms with Gasteiger partial charge < -0.3 is 10.1 Å². The lowest BCUT2D eigenvalue weighted by molar-refractivity contribution is 0.0953. The topological polar surface area (TPSA) is 75.7 Å². The molecule has 1 aliphatic heterocycles. The van der Waals surface area contributed by atoms with Crippen LogP contribution in [0.2, 0.25) is 0 Å². The average molecular weight is 312 g/mol. The monoisotopic (exact) mass is 312 g/mol. The molecule has 7 heteroatoms. The highest BCUT2D eigenvalue weighted by molar-refractivity contribution is 7.89. The predicted molar refractivity (Wildman–Crippen MR) is 79.9 cm³/mol. The molecule has 6 nitrogen and oxygen atoms in total. The van der Waals surface area contributed by atoms with Gasteiger partial charge >= 0.3 is 0 Å². The summed E-state index contributed by atoms with van der Waals surface area (Å²) in [6.45, 7) is 1.27. The zero-order valence-corrected chi connectivity index (χ0v) is 12.9. The molecule has 1 aromatic carbocycles. The van der Waals surface area contributed by atoms with Crippen LogP contribution in [-0.4, -0.2) is 51.1 Å². The molecule has 0 atom stereocenters. The molecule has 0 radical (unpaired) electrons. The molecule has 1 saturated heterocycles. The molecule has 1 fully saturated rings. The highest BCUT2D eigenvalue weighted by Crippen LogP contribution is 2.17. The van der Waals surface area contributed by atoms with Gasteiger partial charge in [-0.25, -0.2) is 12.7 Å². The van der Waals surface area contributed by atoms with Gasteiger partial charge in [0.1, 0.15) is 5.75 Å².